The van der Waals surface area contributed by atoms with Gasteiger partial charge in [-0.3, -0.25) is 4.79 Å². The van der Waals surface area contributed by atoms with E-state index >= 15 is 0 Å². The molecule has 0 aliphatic heterocycles. The maximum absolute atomic E-state index is 12.8. The van der Waals surface area contributed by atoms with Crippen LogP contribution in [0.3, 0.4) is 0 Å². The Bertz CT molecular complexity index is 500. The van der Waals surface area contributed by atoms with Crippen molar-refractivity contribution in [3.63, 3.8) is 0 Å². The minimum absolute atomic E-state index is 0.0723. The van der Waals surface area contributed by atoms with Crippen LogP contribution in [0.1, 0.15) is 51.0 Å². The summed E-state index contributed by atoms with van der Waals surface area (Å²) in [7, 11) is 0. The highest BCUT2D eigenvalue weighted by atomic mass is 16.1. The second-order valence-electron chi connectivity index (χ2n) is 6.31. The van der Waals surface area contributed by atoms with Crippen LogP contribution in [-0.4, -0.2) is 5.78 Å². The lowest BCUT2D eigenvalue weighted by atomic mass is 9.58. The zero-order valence-electron chi connectivity index (χ0n) is 11.7. The van der Waals surface area contributed by atoms with Crippen LogP contribution in [0.15, 0.2) is 35.9 Å². The van der Waals surface area contributed by atoms with Gasteiger partial charge in [-0.1, -0.05) is 50.1 Å². The van der Waals surface area contributed by atoms with Crippen molar-refractivity contribution in [2.45, 2.75) is 45.4 Å². The molecule has 2 atom stereocenters. The molecule has 2 fully saturated rings. The van der Waals surface area contributed by atoms with Crippen LogP contribution in [0.2, 0.25) is 0 Å². The third kappa shape index (κ3) is 2.27. The number of fused-ring (bicyclic) bond motifs is 1. The molecule has 1 aromatic rings. The Kier molecular flexibility index (Phi) is 3.30. The molecule has 0 saturated heterocycles. The van der Waals surface area contributed by atoms with Crippen LogP contribution in [0.4, 0.5) is 0 Å². The summed E-state index contributed by atoms with van der Waals surface area (Å²) >= 11 is 0. The average Bonchev–Trinajstić information content (AvgIpc) is 2.44. The van der Waals surface area contributed by atoms with Gasteiger partial charge in [-0.15, -0.1) is 0 Å². The number of carbonyl (C=O) groups is 1. The molecule has 0 bridgehead atoms. The van der Waals surface area contributed by atoms with E-state index in [0.717, 1.165) is 24.0 Å². The SMILES string of the molecule is C[C@@]12CCCC[C@@H]1CC/C(=C/c1ccccc1)C2=O. The topological polar surface area (TPSA) is 17.1 Å². The van der Waals surface area contributed by atoms with Gasteiger partial charge < -0.3 is 0 Å². The van der Waals surface area contributed by atoms with E-state index in [0.29, 0.717) is 11.7 Å². The minimum Gasteiger partial charge on any atom is -0.294 e. The van der Waals surface area contributed by atoms with E-state index in [-0.39, 0.29) is 5.41 Å². The van der Waals surface area contributed by atoms with Crippen molar-refractivity contribution in [2.75, 3.05) is 0 Å². The highest BCUT2D eigenvalue weighted by Crippen LogP contribution is 2.49. The molecule has 19 heavy (non-hydrogen) atoms. The van der Waals surface area contributed by atoms with E-state index in [4.69, 9.17) is 0 Å². The maximum atomic E-state index is 12.8. The first-order chi connectivity index (χ1) is 9.20. The third-order valence-electron chi connectivity index (χ3n) is 5.11. The van der Waals surface area contributed by atoms with Gasteiger partial charge in [0, 0.05) is 5.41 Å². The lowest BCUT2D eigenvalue weighted by Crippen LogP contribution is -2.42. The summed E-state index contributed by atoms with van der Waals surface area (Å²) in [6.45, 7) is 2.21. The van der Waals surface area contributed by atoms with Crippen molar-refractivity contribution in [3.8, 4) is 0 Å². The number of carbonyl (C=O) groups excluding carboxylic acids is 1. The molecule has 100 valence electrons. The van der Waals surface area contributed by atoms with Crippen molar-refractivity contribution >= 4 is 11.9 Å². The molecule has 0 N–H and O–H groups in total. The van der Waals surface area contributed by atoms with Gasteiger partial charge in [0.2, 0.25) is 0 Å². The summed E-state index contributed by atoms with van der Waals surface area (Å²) in [4.78, 5) is 12.8. The van der Waals surface area contributed by atoms with Gasteiger partial charge in [-0.2, -0.15) is 0 Å². The summed E-state index contributed by atoms with van der Waals surface area (Å²) in [5.74, 6) is 1.05. The van der Waals surface area contributed by atoms with Gasteiger partial charge in [0.15, 0.2) is 5.78 Å². The third-order valence-corrected chi connectivity index (χ3v) is 5.11. The Morgan fingerprint density at radius 2 is 1.95 bits per heavy atom. The first-order valence-electron chi connectivity index (χ1n) is 7.50. The quantitative estimate of drug-likeness (QED) is 0.668. The Labute approximate surface area is 115 Å². The van der Waals surface area contributed by atoms with Gasteiger partial charge in [-0.05, 0) is 48.8 Å². The Morgan fingerprint density at radius 3 is 2.74 bits per heavy atom. The Balaban J connectivity index is 1.89. The second-order valence-corrected chi connectivity index (χ2v) is 6.31. The van der Waals surface area contributed by atoms with Crippen molar-refractivity contribution < 1.29 is 4.79 Å². The Morgan fingerprint density at radius 1 is 1.16 bits per heavy atom. The molecule has 3 rings (SSSR count). The normalized spacial score (nSPS) is 33.2. The second kappa shape index (κ2) is 4.96. The summed E-state index contributed by atoms with van der Waals surface area (Å²) in [5, 5.41) is 0. The predicted molar refractivity (Wildman–Crippen MR) is 78.7 cm³/mol. The average molecular weight is 254 g/mol. The molecule has 0 radical (unpaired) electrons. The van der Waals surface area contributed by atoms with Gasteiger partial charge in [0.25, 0.3) is 0 Å². The lowest BCUT2D eigenvalue weighted by molar-refractivity contribution is -0.131. The summed E-state index contributed by atoms with van der Waals surface area (Å²) in [5.41, 5.74) is 2.13. The van der Waals surface area contributed by atoms with E-state index in [9.17, 15) is 4.79 Å². The van der Waals surface area contributed by atoms with Gasteiger partial charge in [0.1, 0.15) is 0 Å². The number of rotatable bonds is 1. The zero-order chi connectivity index (χ0) is 13.3. The van der Waals surface area contributed by atoms with Crippen molar-refractivity contribution in [1.82, 2.24) is 0 Å². The zero-order valence-corrected chi connectivity index (χ0v) is 11.7. The highest BCUT2D eigenvalue weighted by molar-refractivity contribution is 6.04. The first kappa shape index (κ1) is 12.7. The predicted octanol–water partition coefficient (Wildman–Crippen LogP) is 4.63. The number of Topliss-reactive ketones (excluding diaryl/α,β-unsaturated/α-hetero) is 1. The molecular weight excluding hydrogens is 232 g/mol. The number of allylic oxidation sites excluding steroid dienone is 1. The van der Waals surface area contributed by atoms with Crippen molar-refractivity contribution in [3.05, 3.63) is 41.5 Å². The van der Waals surface area contributed by atoms with Gasteiger partial charge in [0.05, 0.1) is 0 Å². The van der Waals surface area contributed by atoms with E-state index in [1.807, 2.05) is 18.2 Å². The molecule has 0 aromatic heterocycles. The molecule has 1 nitrogen and oxygen atoms in total. The van der Waals surface area contributed by atoms with E-state index in [2.05, 4.69) is 25.1 Å². The van der Waals surface area contributed by atoms with Gasteiger partial charge >= 0.3 is 0 Å². The number of hydrogen-bond acceptors (Lipinski definition) is 1. The molecule has 0 spiro atoms. The van der Waals surface area contributed by atoms with Gasteiger partial charge in [-0.25, -0.2) is 0 Å². The fraction of sp³-hybridized carbons (Fsp3) is 0.500. The van der Waals surface area contributed by atoms with Crippen LogP contribution < -0.4 is 0 Å². The molecule has 2 saturated carbocycles. The monoisotopic (exact) mass is 254 g/mol. The molecule has 2 aliphatic carbocycles. The molecule has 2 aliphatic rings. The van der Waals surface area contributed by atoms with Crippen LogP contribution >= 0.6 is 0 Å². The minimum atomic E-state index is -0.0723. The number of hydrogen-bond donors (Lipinski definition) is 0. The summed E-state index contributed by atoms with van der Waals surface area (Å²) in [6, 6.07) is 10.2. The fourth-order valence-electron chi connectivity index (χ4n) is 3.87. The highest BCUT2D eigenvalue weighted by Gasteiger charge is 2.46. The number of benzene rings is 1. The molecule has 0 amide bonds. The largest absolute Gasteiger partial charge is 0.294 e. The summed E-state index contributed by atoms with van der Waals surface area (Å²) in [6.07, 6.45) is 9.14. The number of ketones is 1. The summed E-state index contributed by atoms with van der Waals surface area (Å²) < 4.78 is 0. The van der Waals surface area contributed by atoms with E-state index in [1.54, 1.807) is 0 Å². The van der Waals surface area contributed by atoms with Crippen LogP contribution in [0.5, 0.6) is 0 Å². The molecule has 0 heterocycles. The van der Waals surface area contributed by atoms with Crippen LogP contribution in [-0.2, 0) is 4.79 Å². The molecular formula is C18H22O. The molecule has 1 aromatic carbocycles. The first-order valence-corrected chi connectivity index (χ1v) is 7.50. The van der Waals surface area contributed by atoms with E-state index < -0.39 is 0 Å². The lowest BCUT2D eigenvalue weighted by Gasteiger charge is -2.44. The van der Waals surface area contributed by atoms with Crippen LogP contribution in [0, 0.1) is 11.3 Å². The molecule has 0 unspecified atom stereocenters. The standard InChI is InChI=1S/C18H22O/c1-18-12-6-5-9-16(18)11-10-15(17(18)19)13-14-7-3-2-4-8-14/h2-4,7-8,13,16H,5-6,9-12H2,1H3/b15-13-/t16-,18-/m1/s1. The fourth-order valence-corrected chi connectivity index (χ4v) is 3.87. The van der Waals surface area contributed by atoms with Crippen molar-refractivity contribution in [1.29, 1.82) is 0 Å². The smallest absolute Gasteiger partial charge is 0.165 e. The maximum Gasteiger partial charge on any atom is 0.165 e. The Hall–Kier alpha value is -1.37. The van der Waals surface area contributed by atoms with E-state index in [1.165, 1.54) is 25.7 Å². The molecule has 1 heteroatoms. The van der Waals surface area contributed by atoms with Crippen molar-refractivity contribution in [2.24, 2.45) is 11.3 Å². The van der Waals surface area contributed by atoms with Crippen LogP contribution in [0.25, 0.3) is 6.08 Å².